The molecule has 5 nitrogen and oxygen atoms in total. The Balaban J connectivity index is 2.07. The van der Waals surface area contributed by atoms with Crippen molar-refractivity contribution in [2.75, 3.05) is 12.4 Å². The number of rotatable bonds is 5. The van der Waals surface area contributed by atoms with Gasteiger partial charge in [0.25, 0.3) is 5.91 Å². The van der Waals surface area contributed by atoms with Gasteiger partial charge in [0.15, 0.2) is 0 Å². The molecule has 1 aliphatic rings. The van der Waals surface area contributed by atoms with Crippen molar-refractivity contribution in [3.8, 4) is 11.8 Å². The first-order valence-electron chi connectivity index (χ1n) is 7.15. The molecule has 0 aliphatic heterocycles. The van der Waals surface area contributed by atoms with Gasteiger partial charge in [-0.05, 0) is 31.0 Å². The molecule has 22 heavy (non-hydrogen) atoms. The van der Waals surface area contributed by atoms with Crippen LogP contribution in [0.3, 0.4) is 0 Å². The van der Waals surface area contributed by atoms with E-state index in [4.69, 9.17) is 21.6 Å². The summed E-state index contributed by atoms with van der Waals surface area (Å²) >= 11 is 5.94. The third kappa shape index (κ3) is 4.15. The molecule has 0 atom stereocenters. The van der Waals surface area contributed by atoms with Crippen LogP contribution in [0.1, 0.15) is 25.7 Å². The van der Waals surface area contributed by atoms with E-state index in [2.05, 4.69) is 10.6 Å². The van der Waals surface area contributed by atoms with Gasteiger partial charge in [0.2, 0.25) is 0 Å². The van der Waals surface area contributed by atoms with Gasteiger partial charge < -0.3 is 15.4 Å². The number of halogens is 1. The molecule has 0 bridgehead atoms. The number of nitrogens with zero attached hydrogens (tertiary/aromatic N) is 1. The van der Waals surface area contributed by atoms with E-state index in [1.54, 1.807) is 18.2 Å². The number of nitriles is 1. The highest BCUT2D eigenvalue weighted by Gasteiger charge is 2.19. The maximum absolute atomic E-state index is 12.1. The van der Waals surface area contributed by atoms with Crippen molar-refractivity contribution in [2.24, 2.45) is 0 Å². The van der Waals surface area contributed by atoms with Crippen LogP contribution >= 0.6 is 11.6 Å². The van der Waals surface area contributed by atoms with E-state index in [0.29, 0.717) is 16.5 Å². The van der Waals surface area contributed by atoms with Gasteiger partial charge in [-0.1, -0.05) is 24.4 Å². The second kappa shape index (κ2) is 7.71. The quantitative estimate of drug-likeness (QED) is 0.645. The van der Waals surface area contributed by atoms with Gasteiger partial charge in [0.05, 0.1) is 12.8 Å². The molecule has 0 unspecified atom stereocenters. The van der Waals surface area contributed by atoms with Crippen molar-refractivity contribution in [1.82, 2.24) is 5.32 Å². The Labute approximate surface area is 134 Å². The van der Waals surface area contributed by atoms with E-state index in [9.17, 15) is 4.79 Å². The molecule has 0 aromatic heterocycles. The van der Waals surface area contributed by atoms with Crippen LogP contribution in [-0.2, 0) is 4.79 Å². The topological polar surface area (TPSA) is 74.1 Å². The van der Waals surface area contributed by atoms with E-state index in [1.165, 1.54) is 13.3 Å². The maximum atomic E-state index is 12.1. The third-order valence-corrected chi connectivity index (χ3v) is 3.82. The number of carbonyl (C=O) groups is 1. The van der Waals surface area contributed by atoms with Crippen molar-refractivity contribution >= 4 is 23.2 Å². The van der Waals surface area contributed by atoms with E-state index in [-0.39, 0.29) is 17.5 Å². The monoisotopic (exact) mass is 319 g/mol. The minimum absolute atomic E-state index is 0.0222. The highest BCUT2D eigenvalue weighted by Crippen LogP contribution is 2.27. The van der Waals surface area contributed by atoms with Crippen LogP contribution in [0.5, 0.6) is 5.75 Å². The van der Waals surface area contributed by atoms with Crippen molar-refractivity contribution < 1.29 is 9.53 Å². The smallest absolute Gasteiger partial charge is 0.263 e. The first-order chi connectivity index (χ1) is 10.6. The van der Waals surface area contributed by atoms with E-state index < -0.39 is 0 Å². The molecule has 2 rings (SSSR count). The van der Waals surface area contributed by atoms with Gasteiger partial charge in [-0.25, -0.2) is 0 Å². The summed E-state index contributed by atoms with van der Waals surface area (Å²) in [6.45, 7) is 0. The van der Waals surface area contributed by atoms with E-state index >= 15 is 0 Å². The first-order valence-corrected chi connectivity index (χ1v) is 7.53. The molecule has 1 saturated carbocycles. The SMILES string of the molecule is COc1ccc(Cl)cc1N/C=C(/C#N)C(=O)NC1CCCC1. The lowest BCUT2D eigenvalue weighted by Gasteiger charge is -2.12. The van der Waals surface area contributed by atoms with Crippen LogP contribution in [0, 0.1) is 11.3 Å². The highest BCUT2D eigenvalue weighted by molar-refractivity contribution is 6.30. The number of hydrogen-bond donors (Lipinski definition) is 2. The van der Waals surface area contributed by atoms with Gasteiger partial charge in [0, 0.05) is 17.3 Å². The fraction of sp³-hybridized carbons (Fsp3) is 0.375. The van der Waals surface area contributed by atoms with E-state index in [0.717, 1.165) is 25.7 Å². The molecule has 1 aromatic carbocycles. The van der Waals surface area contributed by atoms with Gasteiger partial charge in [0.1, 0.15) is 17.4 Å². The van der Waals surface area contributed by atoms with Gasteiger partial charge in [-0.2, -0.15) is 5.26 Å². The fourth-order valence-electron chi connectivity index (χ4n) is 2.42. The normalized spacial score (nSPS) is 15.2. The summed E-state index contributed by atoms with van der Waals surface area (Å²) in [6, 6.07) is 7.16. The van der Waals surface area contributed by atoms with Crippen LogP contribution in [0.2, 0.25) is 5.02 Å². The van der Waals surface area contributed by atoms with Gasteiger partial charge >= 0.3 is 0 Å². The molecule has 1 aliphatic carbocycles. The summed E-state index contributed by atoms with van der Waals surface area (Å²) in [5.41, 5.74) is 0.616. The third-order valence-electron chi connectivity index (χ3n) is 3.59. The number of hydrogen-bond acceptors (Lipinski definition) is 4. The standard InChI is InChI=1S/C16H18ClN3O2/c1-22-15-7-6-12(17)8-14(15)19-10-11(9-18)16(21)20-13-4-2-3-5-13/h6-8,10,13,19H,2-5H2,1H3,(H,20,21)/b11-10-. The molecule has 2 N–H and O–H groups in total. The summed E-state index contributed by atoms with van der Waals surface area (Å²) in [6.07, 6.45) is 5.56. The lowest BCUT2D eigenvalue weighted by atomic mass is 10.2. The molecule has 0 heterocycles. The minimum Gasteiger partial charge on any atom is -0.495 e. The van der Waals surface area contributed by atoms with Crippen LogP contribution in [-0.4, -0.2) is 19.1 Å². The number of amides is 1. The molecule has 6 heteroatoms. The van der Waals surface area contributed by atoms with E-state index in [1.807, 2.05) is 6.07 Å². The van der Waals surface area contributed by atoms with Gasteiger partial charge in [-0.15, -0.1) is 0 Å². The summed E-state index contributed by atoms with van der Waals surface area (Å²) in [5, 5.41) is 15.5. The zero-order valence-corrected chi connectivity index (χ0v) is 13.1. The number of anilines is 1. The molecule has 0 radical (unpaired) electrons. The predicted octanol–water partition coefficient (Wildman–Crippen LogP) is 3.23. The first kappa shape index (κ1) is 16.2. The molecule has 0 saturated heterocycles. The maximum Gasteiger partial charge on any atom is 0.263 e. The lowest BCUT2D eigenvalue weighted by molar-refractivity contribution is -0.117. The number of nitrogens with one attached hydrogen (secondary N) is 2. The minimum atomic E-state index is -0.358. The Morgan fingerprint density at radius 3 is 2.82 bits per heavy atom. The van der Waals surface area contributed by atoms with Crippen molar-refractivity contribution in [2.45, 2.75) is 31.7 Å². The Hall–Kier alpha value is -2.19. The Morgan fingerprint density at radius 2 is 2.18 bits per heavy atom. The zero-order valence-electron chi connectivity index (χ0n) is 12.4. The predicted molar refractivity (Wildman–Crippen MR) is 85.7 cm³/mol. The van der Waals surface area contributed by atoms with Crippen molar-refractivity contribution in [3.63, 3.8) is 0 Å². The number of methoxy groups -OCH3 is 1. The number of benzene rings is 1. The molecule has 1 aromatic rings. The lowest BCUT2D eigenvalue weighted by Crippen LogP contribution is -2.33. The number of ether oxygens (including phenoxy) is 1. The summed E-state index contributed by atoms with van der Waals surface area (Å²) in [4.78, 5) is 12.1. The fourth-order valence-corrected chi connectivity index (χ4v) is 2.60. The molecule has 1 fully saturated rings. The molecule has 0 spiro atoms. The van der Waals surface area contributed by atoms with Crippen LogP contribution in [0.15, 0.2) is 30.0 Å². The highest BCUT2D eigenvalue weighted by atomic mass is 35.5. The van der Waals surface area contributed by atoms with Crippen molar-refractivity contribution in [1.29, 1.82) is 5.26 Å². The second-order valence-electron chi connectivity index (χ2n) is 5.11. The summed E-state index contributed by atoms with van der Waals surface area (Å²) < 4.78 is 5.20. The largest absolute Gasteiger partial charge is 0.495 e. The van der Waals surface area contributed by atoms with Crippen LogP contribution in [0.4, 0.5) is 5.69 Å². The molecule has 1 amide bonds. The average Bonchev–Trinajstić information content (AvgIpc) is 3.01. The van der Waals surface area contributed by atoms with Crippen molar-refractivity contribution in [3.05, 3.63) is 35.0 Å². The van der Waals surface area contributed by atoms with Crippen LogP contribution in [0.25, 0.3) is 0 Å². The summed E-state index contributed by atoms with van der Waals surface area (Å²) in [7, 11) is 1.54. The Kier molecular flexibility index (Phi) is 5.68. The molecule has 116 valence electrons. The van der Waals surface area contributed by atoms with Crippen LogP contribution < -0.4 is 15.4 Å². The average molecular weight is 320 g/mol. The second-order valence-corrected chi connectivity index (χ2v) is 5.55. The molecular formula is C16H18ClN3O2. The number of carbonyl (C=O) groups excluding carboxylic acids is 1. The summed E-state index contributed by atoms with van der Waals surface area (Å²) in [5.74, 6) is 0.219. The Bertz CT molecular complexity index is 616. The molecular weight excluding hydrogens is 302 g/mol. The zero-order chi connectivity index (χ0) is 15.9. The Morgan fingerprint density at radius 1 is 1.45 bits per heavy atom. The van der Waals surface area contributed by atoms with Gasteiger partial charge in [-0.3, -0.25) is 4.79 Å².